The van der Waals surface area contributed by atoms with Gasteiger partial charge in [0.05, 0.1) is 23.0 Å². The zero-order valence-corrected chi connectivity index (χ0v) is 19.4. The predicted molar refractivity (Wildman–Crippen MR) is 124 cm³/mol. The topological polar surface area (TPSA) is 125 Å². The fraction of sp³-hybridized carbons (Fsp3) is 0.500. The van der Waals surface area contributed by atoms with Gasteiger partial charge in [0.2, 0.25) is 0 Å². The van der Waals surface area contributed by atoms with Crippen LogP contribution < -0.4 is 15.4 Å². The summed E-state index contributed by atoms with van der Waals surface area (Å²) in [6.07, 6.45) is 0.961. The molecule has 3 heterocycles. The van der Waals surface area contributed by atoms with E-state index in [4.69, 9.17) is 4.98 Å². The van der Waals surface area contributed by atoms with Crippen LogP contribution in [0.4, 0.5) is 30.6 Å². The Morgan fingerprint density at radius 3 is 2.58 bits per heavy atom. The highest BCUT2D eigenvalue weighted by Gasteiger charge is 2.57. The SMILES string of the molecule is Cc1cc(Nc2cc3ncc(OC(=O)C(F)(F)F)cc3c(NC34CC5CC(CC(O)(C5)C3)C4)n2)[nH]n1. The summed E-state index contributed by atoms with van der Waals surface area (Å²) in [6, 6.07) is 4.79. The summed E-state index contributed by atoms with van der Waals surface area (Å²) in [5.74, 6) is -0.369. The lowest BCUT2D eigenvalue weighted by Gasteiger charge is -2.60. The number of nitrogens with one attached hydrogen (secondary N) is 3. The van der Waals surface area contributed by atoms with Crippen molar-refractivity contribution in [1.29, 1.82) is 0 Å². The molecule has 9 nitrogen and oxygen atoms in total. The van der Waals surface area contributed by atoms with Crippen LogP contribution in [0.1, 0.15) is 44.2 Å². The molecule has 36 heavy (non-hydrogen) atoms. The van der Waals surface area contributed by atoms with Crippen molar-refractivity contribution in [1.82, 2.24) is 20.2 Å². The number of aromatic nitrogens is 4. The Labute approximate surface area is 203 Å². The lowest BCUT2D eigenvalue weighted by Crippen LogP contribution is -2.62. The lowest BCUT2D eigenvalue weighted by atomic mass is 9.51. The number of H-pyrrole nitrogens is 1. The van der Waals surface area contributed by atoms with Crippen LogP contribution in [-0.2, 0) is 4.79 Å². The van der Waals surface area contributed by atoms with Crippen molar-refractivity contribution in [3.63, 3.8) is 0 Å². The standard InChI is InChI=1S/C24H25F3N6O3/c1-12-2-19(33-32-12)29-18-5-17-16(4-15(10-28-17)36-21(34)24(25,26)27)20(30-18)31-22-6-13-3-14(7-22)9-23(35,8-13)11-22/h2,4-5,10,13-14,35H,3,6-9,11H2,1H3,(H3,29,30,31,32,33). The number of aryl methyl sites for hydroxylation is 1. The summed E-state index contributed by atoms with van der Waals surface area (Å²) >= 11 is 0. The van der Waals surface area contributed by atoms with Gasteiger partial charge >= 0.3 is 12.1 Å². The van der Waals surface area contributed by atoms with E-state index in [0.717, 1.165) is 44.0 Å². The molecule has 0 aromatic carbocycles. The highest BCUT2D eigenvalue weighted by atomic mass is 19.4. The van der Waals surface area contributed by atoms with Crippen molar-refractivity contribution in [3.8, 4) is 5.75 Å². The van der Waals surface area contributed by atoms with Gasteiger partial charge < -0.3 is 20.5 Å². The highest BCUT2D eigenvalue weighted by molar-refractivity contribution is 5.93. The molecule has 2 atom stereocenters. The quantitative estimate of drug-likeness (QED) is 0.379. The van der Waals surface area contributed by atoms with E-state index in [0.29, 0.717) is 46.6 Å². The second-order valence-corrected chi connectivity index (χ2v) is 10.6. The first-order valence-corrected chi connectivity index (χ1v) is 11.9. The van der Waals surface area contributed by atoms with Crippen molar-refractivity contribution in [2.24, 2.45) is 11.8 Å². The molecular weight excluding hydrogens is 477 g/mol. The average molecular weight is 502 g/mol. The van der Waals surface area contributed by atoms with Gasteiger partial charge in [0, 0.05) is 23.1 Å². The zero-order valence-electron chi connectivity index (χ0n) is 19.4. The second-order valence-electron chi connectivity index (χ2n) is 10.6. The van der Waals surface area contributed by atoms with Crippen LogP contribution in [0.15, 0.2) is 24.4 Å². The minimum Gasteiger partial charge on any atom is -0.418 e. The minimum atomic E-state index is -5.13. The second kappa shape index (κ2) is 7.79. The number of ether oxygens (including phenoxy) is 1. The molecule has 190 valence electrons. The number of alkyl halides is 3. The molecule has 0 aliphatic heterocycles. The van der Waals surface area contributed by atoms with Crippen LogP contribution in [-0.4, -0.2) is 48.6 Å². The predicted octanol–water partition coefficient (Wildman–Crippen LogP) is 4.37. The third-order valence-electron chi connectivity index (χ3n) is 7.48. The molecule has 4 bridgehead atoms. The van der Waals surface area contributed by atoms with E-state index >= 15 is 0 Å². The monoisotopic (exact) mass is 502 g/mol. The summed E-state index contributed by atoms with van der Waals surface area (Å²) in [4.78, 5) is 20.4. The first-order chi connectivity index (χ1) is 17.0. The van der Waals surface area contributed by atoms with Crippen LogP contribution in [0, 0.1) is 18.8 Å². The Bertz CT molecular complexity index is 1340. The summed E-state index contributed by atoms with van der Waals surface area (Å²) in [5.41, 5.74) is 0.122. The summed E-state index contributed by atoms with van der Waals surface area (Å²) in [5, 5.41) is 25.2. The van der Waals surface area contributed by atoms with Crippen molar-refractivity contribution < 1.29 is 27.8 Å². The summed E-state index contributed by atoms with van der Waals surface area (Å²) in [7, 11) is 0. The molecule has 0 amide bonds. The van der Waals surface area contributed by atoms with E-state index < -0.39 is 17.7 Å². The van der Waals surface area contributed by atoms with Gasteiger partial charge in [-0.3, -0.25) is 10.1 Å². The molecule has 4 saturated carbocycles. The first kappa shape index (κ1) is 23.0. The van der Waals surface area contributed by atoms with Crippen molar-refractivity contribution >= 4 is 34.3 Å². The van der Waals surface area contributed by atoms with Gasteiger partial charge in [-0.1, -0.05) is 0 Å². The first-order valence-electron chi connectivity index (χ1n) is 11.9. The van der Waals surface area contributed by atoms with Gasteiger partial charge in [-0.05, 0) is 63.4 Å². The maximum absolute atomic E-state index is 12.8. The number of hydrogen-bond acceptors (Lipinski definition) is 8. The number of anilines is 3. The molecule has 3 aromatic rings. The number of fused-ring (bicyclic) bond motifs is 1. The summed E-state index contributed by atoms with van der Waals surface area (Å²) < 4.78 is 42.8. The van der Waals surface area contributed by atoms with E-state index in [1.807, 2.05) is 6.92 Å². The molecule has 0 spiro atoms. The van der Waals surface area contributed by atoms with Gasteiger partial charge in [-0.25, -0.2) is 9.78 Å². The molecule has 4 N–H and O–H groups in total. The van der Waals surface area contributed by atoms with Gasteiger partial charge in [0.15, 0.2) is 0 Å². The van der Waals surface area contributed by atoms with Crippen LogP contribution in [0.25, 0.3) is 10.9 Å². The van der Waals surface area contributed by atoms with Crippen LogP contribution in [0.2, 0.25) is 0 Å². The van der Waals surface area contributed by atoms with Crippen LogP contribution in [0.5, 0.6) is 5.75 Å². The van der Waals surface area contributed by atoms with Crippen LogP contribution >= 0.6 is 0 Å². The molecule has 12 heteroatoms. The van der Waals surface area contributed by atoms with E-state index in [9.17, 15) is 23.1 Å². The van der Waals surface area contributed by atoms with Gasteiger partial charge in [-0.2, -0.15) is 18.3 Å². The van der Waals surface area contributed by atoms with Crippen molar-refractivity contribution in [2.75, 3.05) is 10.6 Å². The maximum Gasteiger partial charge on any atom is 0.491 e. The van der Waals surface area contributed by atoms with E-state index in [1.165, 1.54) is 6.07 Å². The number of aliphatic hydroxyl groups is 1. The minimum absolute atomic E-state index is 0.330. The Morgan fingerprint density at radius 2 is 1.94 bits per heavy atom. The van der Waals surface area contributed by atoms with E-state index in [-0.39, 0.29) is 11.3 Å². The third kappa shape index (κ3) is 4.23. The molecule has 7 rings (SSSR count). The van der Waals surface area contributed by atoms with Crippen molar-refractivity contribution in [2.45, 2.75) is 62.8 Å². The molecule has 4 aliphatic rings. The van der Waals surface area contributed by atoms with Gasteiger partial charge in [-0.15, -0.1) is 0 Å². The van der Waals surface area contributed by atoms with E-state index in [1.54, 1.807) is 12.1 Å². The fourth-order valence-electron chi connectivity index (χ4n) is 6.72. The molecule has 4 aliphatic carbocycles. The highest BCUT2D eigenvalue weighted by Crippen LogP contribution is 2.58. The Balaban J connectivity index is 1.40. The smallest absolute Gasteiger partial charge is 0.418 e. The third-order valence-corrected chi connectivity index (χ3v) is 7.48. The summed E-state index contributed by atoms with van der Waals surface area (Å²) in [6.45, 7) is 1.84. The molecule has 3 aromatic heterocycles. The molecule has 4 fully saturated rings. The molecule has 0 saturated heterocycles. The zero-order chi connectivity index (χ0) is 25.3. The van der Waals surface area contributed by atoms with Crippen molar-refractivity contribution in [3.05, 3.63) is 30.1 Å². The molecular formula is C24H25F3N6O3. The largest absolute Gasteiger partial charge is 0.491 e. The van der Waals surface area contributed by atoms with Gasteiger partial charge in [0.1, 0.15) is 23.2 Å². The van der Waals surface area contributed by atoms with Crippen LogP contribution in [0.3, 0.4) is 0 Å². The Morgan fingerprint density at radius 1 is 1.19 bits per heavy atom. The lowest BCUT2D eigenvalue weighted by molar-refractivity contribution is -0.189. The number of hydrogen-bond donors (Lipinski definition) is 4. The molecule has 0 radical (unpaired) electrons. The Hall–Kier alpha value is -3.41. The number of pyridine rings is 2. The van der Waals surface area contributed by atoms with Gasteiger partial charge in [0.25, 0.3) is 0 Å². The number of carbonyl (C=O) groups excluding carboxylic acids is 1. The number of esters is 1. The average Bonchev–Trinajstić information content (AvgIpc) is 3.16. The number of rotatable bonds is 5. The number of halogens is 3. The maximum atomic E-state index is 12.8. The fourth-order valence-corrected chi connectivity index (χ4v) is 6.72. The normalized spacial score (nSPS) is 28.9. The Kier molecular flexibility index (Phi) is 4.98. The number of carbonyl (C=O) groups is 1. The number of nitrogens with zero attached hydrogens (tertiary/aromatic N) is 3. The van der Waals surface area contributed by atoms with E-state index in [2.05, 4.69) is 30.6 Å². The molecule has 2 unspecified atom stereocenters. The number of aromatic amines is 1.